The van der Waals surface area contributed by atoms with Crippen LogP contribution in [0, 0.1) is 6.92 Å². The second kappa shape index (κ2) is 4.08. The lowest BCUT2D eigenvalue weighted by molar-refractivity contribution is 0.0981. The molecular weight excluding hydrogens is 200 g/mol. The van der Waals surface area contributed by atoms with Crippen molar-refractivity contribution in [3.63, 3.8) is 0 Å². The Kier molecular flexibility index (Phi) is 2.77. The summed E-state index contributed by atoms with van der Waals surface area (Å²) in [4.78, 5) is 11.9. The van der Waals surface area contributed by atoms with Gasteiger partial charge < -0.3 is 0 Å². The molecule has 0 aliphatic rings. The van der Waals surface area contributed by atoms with Gasteiger partial charge in [-0.15, -0.1) is 0 Å². The first-order chi connectivity index (χ1) is 7.65. The van der Waals surface area contributed by atoms with E-state index in [1.54, 1.807) is 0 Å². The number of ketones is 1. The SMILES string of the molecule is CCCC(=O)c1ccc2c(cnn2C)c1C. The number of aryl methyl sites for hydroxylation is 2. The van der Waals surface area contributed by atoms with E-state index in [1.807, 2.05) is 43.9 Å². The van der Waals surface area contributed by atoms with Crippen LogP contribution >= 0.6 is 0 Å². The van der Waals surface area contributed by atoms with E-state index in [0.29, 0.717) is 6.42 Å². The van der Waals surface area contributed by atoms with Crippen molar-refractivity contribution in [2.45, 2.75) is 26.7 Å². The van der Waals surface area contributed by atoms with E-state index in [9.17, 15) is 4.79 Å². The molecule has 0 spiro atoms. The Balaban J connectivity index is 2.56. The lowest BCUT2D eigenvalue weighted by Crippen LogP contribution is -2.01. The first kappa shape index (κ1) is 10.9. The van der Waals surface area contributed by atoms with Gasteiger partial charge in [0, 0.05) is 24.4 Å². The minimum absolute atomic E-state index is 0.228. The highest BCUT2D eigenvalue weighted by molar-refractivity contribution is 6.01. The number of rotatable bonds is 3. The third-order valence-electron chi connectivity index (χ3n) is 2.98. The highest BCUT2D eigenvalue weighted by Crippen LogP contribution is 2.22. The molecule has 3 heteroatoms. The zero-order valence-corrected chi connectivity index (χ0v) is 9.95. The predicted molar refractivity (Wildman–Crippen MR) is 64.7 cm³/mol. The van der Waals surface area contributed by atoms with Crippen LogP contribution in [-0.2, 0) is 7.05 Å². The molecule has 2 aromatic rings. The van der Waals surface area contributed by atoms with Crippen LogP contribution < -0.4 is 0 Å². The predicted octanol–water partition coefficient (Wildman–Crippen LogP) is 2.86. The van der Waals surface area contributed by atoms with Crippen molar-refractivity contribution in [3.05, 3.63) is 29.5 Å². The molecule has 1 aromatic heterocycles. The lowest BCUT2D eigenvalue weighted by Gasteiger charge is -2.05. The molecule has 0 radical (unpaired) electrons. The summed E-state index contributed by atoms with van der Waals surface area (Å²) in [5, 5.41) is 5.28. The molecule has 0 aliphatic carbocycles. The molecule has 3 nitrogen and oxygen atoms in total. The molecule has 0 N–H and O–H groups in total. The van der Waals surface area contributed by atoms with Crippen molar-refractivity contribution < 1.29 is 4.79 Å². The normalized spacial score (nSPS) is 10.9. The van der Waals surface area contributed by atoms with Gasteiger partial charge in [-0.2, -0.15) is 5.10 Å². The van der Waals surface area contributed by atoms with Gasteiger partial charge in [0.05, 0.1) is 11.7 Å². The van der Waals surface area contributed by atoms with Gasteiger partial charge in [-0.3, -0.25) is 9.48 Å². The molecule has 1 aromatic carbocycles. The molecule has 0 fully saturated rings. The van der Waals surface area contributed by atoms with E-state index >= 15 is 0 Å². The smallest absolute Gasteiger partial charge is 0.163 e. The van der Waals surface area contributed by atoms with Crippen LogP contribution in [-0.4, -0.2) is 15.6 Å². The van der Waals surface area contributed by atoms with E-state index in [4.69, 9.17) is 0 Å². The van der Waals surface area contributed by atoms with E-state index in [2.05, 4.69) is 5.10 Å². The van der Waals surface area contributed by atoms with Crippen LogP contribution in [0.4, 0.5) is 0 Å². The number of hydrogen-bond donors (Lipinski definition) is 0. The molecule has 0 bridgehead atoms. The molecule has 0 aliphatic heterocycles. The number of Topliss-reactive ketones (excluding diaryl/α,β-unsaturated/α-hetero) is 1. The summed E-state index contributed by atoms with van der Waals surface area (Å²) in [7, 11) is 1.91. The zero-order chi connectivity index (χ0) is 11.7. The molecule has 0 atom stereocenters. The molecule has 0 saturated heterocycles. The summed E-state index contributed by atoms with van der Waals surface area (Å²) in [6, 6.07) is 3.88. The monoisotopic (exact) mass is 216 g/mol. The van der Waals surface area contributed by atoms with Crippen molar-refractivity contribution in [1.29, 1.82) is 0 Å². The van der Waals surface area contributed by atoms with E-state index in [-0.39, 0.29) is 5.78 Å². The standard InChI is InChI=1S/C13H16N2O/c1-4-5-13(16)10-6-7-12-11(9(10)2)8-14-15(12)3/h6-8H,4-5H2,1-3H3. The molecular formula is C13H16N2O. The van der Waals surface area contributed by atoms with Gasteiger partial charge in [0.1, 0.15) is 0 Å². The van der Waals surface area contributed by atoms with Crippen LogP contribution in [0.25, 0.3) is 10.9 Å². The second-order valence-corrected chi connectivity index (χ2v) is 4.11. The van der Waals surface area contributed by atoms with Gasteiger partial charge in [0.2, 0.25) is 0 Å². The van der Waals surface area contributed by atoms with Crippen LogP contribution in [0.3, 0.4) is 0 Å². The highest BCUT2D eigenvalue weighted by atomic mass is 16.1. The summed E-state index contributed by atoms with van der Waals surface area (Å²) in [5.74, 6) is 0.228. The fourth-order valence-corrected chi connectivity index (χ4v) is 2.03. The van der Waals surface area contributed by atoms with Crippen molar-refractivity contribution in [1.82, 2.24) is 9.78 Å². The third kappa shape index (κ3) is 1.62. The number of carbonyl (C=O) groups excluding carboxylic acids is 1. The Labute approximate surface area is 95.1 Å². The second-order valence-electron chi connectivity index (χ2n) is 4.11. The van der Waals surface area contributed by atoms with Crippen LogP contribution in [0.1, 0.15) is 35.7 Å². The quantitative estimate of drug-likeness (QED) is 0.739. The fraction of sp³-hybridized carbons (Fsp3) is 0.385. The van der Waals surface area contributed by atoms with Gasteiger partial charge in [0.15, 0.2) is 5.78 Å². The van der Waals surface area contributed by atoms with E-state index in [0.717, 1.165) is 28.5 Å². The molecule has 2 rings (SSSR count). The number of benzene rings is 1. The Morgan fingerprint density at radius 3 is 2.88 bits per heavy atom. The summed E-state index contributed by atoms with van der Waals surface area (Å²) >= 11 is 0. The molecule has 0 amide bonds. The highest BCUT2D eigenvalue weighted by Gasteiger charge is 2.12. The molecule has 1 heterocycles. The Bertz CT molecular complexity index is 540. The first-order valence-electron chi connectivity index (χ1n) is 5.59. The summed E-state index contributed by atoms with van der Waals surface area (Å²) in [6.45, 7) is 4.02. The Hall–Kier alpha value is -1.64. The maximum Gasteiger partial charge on any atom is 0.163 e. The first-order valence-corrected chi connectivity index (χ1v) is 5.59. The van der Waals surface area contributed by atoms with E-state index < -0.39 is 0 Å². The summed E-state index contributed by atoms with van der Waals surface area (Å²) in [5.41, 5.74) is 2.96. The Morgan fingerprint density at radius 2 is 2.19 bits per heavy atom. The van der Waals surface area contributed by atoms with Gasteiger partial charge in [-0.05, 0) is 31.0 Å². The van der Waals surface area contributed by atoms with Gasteiger partial charge in [-0.25, -0.2) is 0 Å². The van der Waals surface area contributed by atoms with Gasteiger partial charge >= 0.3 is 0 Å². The minimum atomic E-state index is 0.228. The molecule has 16 heavy (non-hydrogen) atoms. The maximum atomic E-state index is 11.9. The Morgan fingerprint density at radius 1 is 1.44 bits per heavy atom. The van der Waals surface area contributed by atoms with Crippen molar-refractivity contribution in [3.8, 4) is 0 Å². The lowest BCUT2D eigenvalue weighted by atomic mass is 9.99. The molecule has 0 unspecified atom stereocenters. The maximum absolute atomic E-state index is 11.9. The van der Waals surface area contributed by atoms with Crippen LogP contribution in [0.2, 0.25) is 0 Å². The summed E-state index contributed by atoms with van der Waals surface area (Å²) in [6.07, 6.45) is 3.34. The number of aromatic nitrogens is 2. The van der Waals surface area contributed by atoms with Crippen molar-refractivity contribution in [2.24, 2.45) is 7.05 Å². The summed E-state index contributed by atoms with van der Waals surface area (Å²) < 4.78 is 1.83. The van der Waals surface area contributed by atoms with Crippen LogP contribution in [0.15, 0.2) is 18.3 Å². The van der Waals surface area contributed by atoms with Crippen LogP contribution in [0.5, 0.6) is 0 Å². The average molecular weight is 216 g/mol. The number of nitrogens with zero attached hydrogens (tertiary/aromatic N) is 2. The van der Waals surface area contributed by atoms with Crippen molar-refractivity contribution in [2.75, 3.05) is 0 Å². The minimum Gasteiger partial charge on any atom is -0.294 e. The van der Waals surface area contributed by atoms with Gasteiger partial charge in [0.25, 0.3) is 0 Å². The number of fused-ring (bicyclic) bond motifs is 1. The largest absolute Gasteiger partial charge is 0.294 e. The zero-order valence-electron chi connectivity index (χ0n) is 9.95. The average Bonchev–Trinajstić information content (AvgIpc) is 2.62. The molecule has 84 valence electrons. The topological polar surface area (TPSA) is 34.9 Å². The fourth-order valence-electron chi connectivity index (χ4n) is 2.03. The van der Waals surface area contributed by atoms with E-state index in [1.165, 1.54) is 0 Å². The number of hydrogen-bond acceptors (Lipinski definition) is 2. The number of carbonyl (C=O) groups is 1. The molecule has 0 saturated carbocycles. The van der Waals surface area contributed by atoms with Gasteiger partial charge in [-0.1, -0.05) is 6.92 Å². The third-order valence-corrected chi connectivity index (χ3v) is 2.98. The van der Waals surface area contributed by atoms with Crippen molar-refractivity contribution >= 4 is 16.7 Å².